The molecular weight excluding hydrogens is 214 g/mol. The van der Waals surface area contributed by atoms with Crippen LogP contribution in [0.1, 0.15) is 32.6 Å². The van der Waals surface area contributed by atoms with Gasteiger partial charge >= 0.3 is 5.97 Å². The van der Waals surface area contributed by atoms with Gasteiger partial charge in [0.1, 0.15) is 0 Å². The molecule has 1 aliphatic heterocycles. The van der Waals surface area contributed by atoms with E-state index in [1.807, 2.05) is 6.92 Å². The number of esters is 1. The molecule has 1 saturated carbocycles. The Morgan fingerprint density at radius 1 is 1.40 bits per heavy atom. The van der Waals surface area contributed by atoms with Crippen LogP contribution in [0, 0.1) is 11.3 Å². The molecule has 0 unspecified atom stereocenters. The Morgan fingerprint density at radius 2 is 2.00 bits per heavy atom. The molecular formula is C11H20ClNO2. The summed E-state index contributed by atoms with van der Waals surface area (Å²) in [5, 5.41) is 3.36. The SMILES string of the molecule is CCOC(=O)C1CC2(CCNCC2)C1.Cl. The van der Waals surface area contributed by atoms with E-state index >= 15 is 0 Å². The van der Waals surface area contributed by atoms with Gasteiger partial charge in [0.05, 0.1) is 12.5 Å². The Kier molecular flexibility index (Phi) is 4.41. The molecule has 0 aromatic carbocycles. The smallest absolute Gasteiger partial charge is 0.308 e. The van der Waals surface area contributed by atoms with Gasteiger partial charge in [0.15, 0.2) is 0 Å². The summed E-state index contributed by atoms with van der Waals surface area (Å²) in [5.74, 6) is 0.227. The molecule has 0 radical (unpaired) electrons. The van der Waals surface area contributed by atoms with Crippen LogP contribution in [-0.2, 0) is 9.53 Å². The quantitative estimate of drug-likeness (QED) is 0.739. The van der Waals surface area contributed by atoms with E-state index < -0.39 is 0 Å². The van der Waals surface area contributed by atoms with Crippen LogP contribution in [0.25, 0.3) is 0 Å². The van der Waals surface area contributed by atoms with Crippen LogP contribution >= 0.6 is 12.4 Å². The number of rotatable bonds is 2. The van der Waals surface area contributed by atoms with Crippen molar-refractivity contribution in [2.24, 2.45) is 11.3 Å². The highest BCUT2D eigenvalue weighted by Gasteiger charge is 2.47. The third-order valence-corrected chi connectivity index (χ3v) is 3.64. The number of ether oxygens (including phenoxy) is 1. The van der Waals surface area contributed by atoms with Crippen molar-refractivity contribution in [3.8, 4) is 0 Å². The van der Waals surface area contributed by atoms with Crippen molar-refractivity contribution >= 4 is 18.4 Å². The minimum atomic E-state index is 0. The first-order valence-electron chi connectivity index (χ1n) is 5.63. The summed E-state index contributed by atoms with van der Waals surface area (Å²) in [7, 11) is 0. The van der Waals surface area contributed by atoms with E-state index in [9.17, 15) is 4.79 Å². The minimum absolute atomic E-state index is 0. The molecule has 0 amide bonds. The molecule has 88 valence electrons. The molecule has 1 heterocycles. The van der Waals surface area contributed by atoms with Crippen molar-refractivity contribution in [1.29, 1.82) is 0 Å². The first kappa shape index (κ1) is 12.8. The standard InChI is InChI=1S/C11H19NO2.ClH/c1-2-14-10(13)9-7-11(8-9)3-5-12-6-4-11;/h9,12H,2-8H2,1H3;1H. The molecule has 0 aromatic heterocycles. The monoisotopic (exact) mass is 233 g/mol. The fourth-order valence-electron chi connectivity index (χ4n) is 2.78. The van der Waals surface area contributed by atoms with E-state index in [2.05, 4.69) is 5.32 Å². The maximum atomic E-state index is 11.4. The molecule has 2 aliphatic rings. The highest BCUT2D eigenvalue weighted by molar-refractivity contribution is 5.85. The molecule has 0 aromatic rings. The fraction of sp³-hybridized carbons (Fsp3) is 0.909. The third kappa shape index (κ3) is 2.64. The second-order valence-electron chi connectivity index (χ2n) is 4.61. The van der Waals surface area contributed by atoms with E-state index in [-0.39, 0.29) is 24.3 Å². The average molecular weight is 234 g/mol. The molecule has 0 atom stereocenters. The summed E-state index contributed by atoms with van der Waals surface area (Å²) in [6.45, 7) is 4.63. The van der Waals surface area contributed by atoms with E-state index in [0.29, 0.717) is 12.0 Å². The van der Waals surface area contributed by atoms with Crippen LogP contribution in [-0.4, -0.2) is 25.7 Å². The number of piperidine rings is 1. The Hall–Kier alpha value is -0.280. The van der Waals surface area contributed by atoms with Crippen molar-refractivity contribution in [3.05, 3.63) is 0 Å². The van der Waals surface area contributed by atoms with E-state index in [1.54, 1.807) is 0 Å². The summed E-state index contributed by atoms with van der Waals surface area (Å²) >= 11 is 0. The molecule has 4 heteroatoms. The zero-order valence-corrected chi connectivity index (χ0v) is 10.1. The van der Waals surface area contributed by atoms with Crippen LogP contribution in [0.2, 0.25) is 0 Å². The van der Waals surface area contributed by atoms with Gasteiger partial charge in [-0.2, -0.15) is 0 Å². The van der Waals surface area contributed by atoms with Gasteiger partial charge in [0.25, 0.3) is 0 Å². The third-order valence-electron chi connectivity index (χ3n) is 3.64. The second kappa shape index (κ2) is 5.17. The van der Waals surface area contributed by atoms with E-state index in [0.717, 1.165) is 25.9 Å². The minimum Gasteiger partial charge on any atom is -0.466 e. The van der Waals surface area contributed by atoms with Gasteiger partial charge in [-0.15, -0.1) is 12.4 Å². The molecule has 15 heavy (non-hydrogen) atoms. The van der Waals surface area contributed by atoms with Gasteiger partial charge in [0, 0.05) is 0 Å². The summed E-state index contributed by atoms with van der Waals surface area (Å²) < 4.78 is 5.03. The summed E-state index contributed by atoms with van der Waals surface area (Å²) in [4.78, 5) is 11.4. The molecule has 1 saturated heterocycles. The highest BCUT2D eigenvalue weighted by atomic mass is 35.5. The Balaban J connectivity index is 0.00000112. The van der Waals surface area contributed by atoms with Gasteiger partial charge in [0.2, 0.25) is 0 Å². The van der Waals surface area contributed by atoms with Crippen LogP contribution in [0.4, 0.5) is 0 Å². The summed E-state index contributed by atoms with van der Waals surface area (Å²) in [5.41, 5.74) is 0.489. The molecule has 1 N–H and O–H groups in total. The maximum Gasteiger partial charge on any atom is 0.308 e. The van der Waals surface area contributed by atoms with Gasteiger partial charge in [-0.05, 0) is 51.1 Å². The lowest BCUT2D eigenvalue weighted by molar-refractivity contribution is -0.157. The Labute approximate surface area is 97.4 Å². The van der Waals surface area contributed by atoms with E-state index in [4.69, 9.17) is 4.74 Å². The molecule has 2 rings (SSSR count). The lowest BCUT2D eigenvalue weighted by atomic mass is 9.58. The maximum absolute atomic E-state index is 11.4. The zero-order valence-electron chi connectivity index (χ0n) is 9.25. The first-order chi connectivity index (χ1) is 6.76. The van der Waals surface area contributed by atoms with Crippen LogP contribution in [0.5, 0.6) is 0 Å². The van der Waals surface area contributed by atoms with Crippen molar-refractivity contribution in [2.75, 3.05) is 19.7 Å². The molecule has 1 aliphatic carbocycles. The molecule has 1 spiro atoms. The fourth-order valence-corrected chi connectivity index (χ4v) is 2.78. The summed E-state index contributed by atoms with van der Waals surface area (Å²) in [6.07, 6.45) is 4.60. The predicted octanol–water partition coefficient (Wildman–Crippen LogP) is 1.75. The number of nitrogens with one attached hydrogen (secondary N) is 1. The summed E-state index contributed by atoms with van der Waals surface area (Å²) in [6, 6.07) is 0. The van der Waals surface area contributed by atoms with E-state index in [1.165, 1.54) is 12.8 Å². The predicted molar refractivity (Wildman–Crippen MR) is 61.1 cm³/mol. The number of halogens is 1. The van der Waals surface area contributed by atoms with Crippen molar-refractivity contribution < 1.29 is 9.53 Å². The van der Waals surface area contributed by atoms with Gasteiger partial charge in [-0.1, -0.05) is 0 Å². The van der Waals surface area contributed by atoms with Gasteiger partial charge in [-0.25, -0.2) is 0 Å². The van der Waals surface area contributed by atoms with Crippen LogP contribution < -0.4 is 5.32 Å². The molecule has 2 fully saturated rings. The number of hydrogen-bond donors (Lipinski definition) is 1. The normalized spacial score (nSPS) is 24.1. The Morgan fingerprint density at radius 3 is 2.53 bits per heavy atom. The molecule has 3 nitrogen and oxygen atoms in total. The molecule has 0 bridgehead atoms. The van der Waals surface area contributed by atoms with Crippen molar-refractivity contribution in [3.63, 3.8) is 0 Å². The lowest BCUT2D eigenvalue weighted by Crippen LogP contribution is -2.48. The lowest BCUT2D eigenvalue weighted by Gasteiger charge is -2.49. The van der Waals surface area contributed by atoms with Crippen molar-refractivity contribution in [2.45, 2.75) is 32.6 Å². The second-order valence-corrected chi connectivity index (χ2v) is 4.61. The highest BCUT2D eigenvalue weighted by Crippen LogP contribution is 2.51. The largest absolute Gasteiger partial charge is 0.466 e. The average Bonchev–Trinajstić information content (AvgIpc) is 2.16. The van der Waals surface area contributed by atoms with Crippen LogP contribution in [0.3, 0.4) is 0 Å². The zero-order chi connectivity index (χ0) is 10.0. The van der Waals surface area contributed by atoms with Crippen molar-refractivity contribution in [1.82, 2.24) is 5.32 Å². The van der Waals surface area contributed by atoms with Crippen LogP contribution in [0.15, 0.2) is 0 Å². The first-order valence-corrected chi connectivity index (χ1v) is 5.63. The number of carbonyl (C=O) groups is 1. The van der Waals surface area contributed by atoms with Gasteiger partial charge < -0.3 is 10.1 Å². The number of carbonyl (C=O) groups excluding carboxylic acids is 1. The Bertz CT molecular complexity index is 219. The topological polar surface area (TPSA) is 38.3 Å². The van der Waals surface area contributed by atoms with Gasteiger partial charge in [-0.3, -0.25) is 4.79 Å². The number of hydrogen-bond acceptors (Lipinski definition) is 3.